The Hall–Kier alpha value is -1.62. The van der Waals surface area contributed by atoms with Crippen LogP contribution in [-0.4, -0.2) is 35.3 Å². The highest BCUT2D eigenvalue weighted by Crippen LogP contribution is 2.17. The standard InChI is InChI=1S/C10H14N4O/c1-11-6-5-8-3-4-9-10(15-2)12-7-13-14(8)9/h3-4,7,11H,5-6H2,1-2H3. The summed E-state index contributed by atoms with van der Waals surface area (Å²) in [5, 5.41) is 7.31. The van der Waals surface area contributed by atoms with Crippen molar-refractivity contribution in [2.24, 2.45) is 0 Å². The highest BCUT2D eigenvalue weighted by molar-refractivity contribution is 5.56. The average Bonchev–Trinajstić information content (AvgIpc) is 2.69. The van der Waals surface area contributed by atoms with Gasteiger partial charge in [0.05, 0.1) is 7.11 Å². The molecule has 0 unspecified atom stereocenters. The predicted molar refractivity (Wildman–Crippen MR) is 57.2 cm³/mol. The summed E-state index contributed by atoms with van der Waals surface area (Å²) in [6.07, 6.45) is 2.44. The Labute approximate surface area is 88.1 Å². The Morgan fingerprint density at radius 1 is 1.47 bits per heavy atom. The topological polar surface area (TPSA) is 51.5 Å². The Balaban J connectivity index is 2.42. The monoisotopic (exact) mass is 206 g/mol. The first-order chi connectivity index (χ1) is 7.36. The molecule has 0 aliphatic rings. The minimum Gasteiger partial charge on any atom is -0.479 e. The normalized spacial score (nSPS) is 10.8. The molecule has 2 aromatic rings. The first kappa shape index (κ1) is 9.92. The third-order valence-corrected chi connectivity index (χ3v) is 2.32. The SMILES string of the molecule is CNCCc1ccc2c(OC)ncnn12. The second kappa shape index (κ2) is 4.27. The van der Waals surface area contributed by atoms with Crippen molar-refractivity contribution in [1.82, 2.24) is 19.9 Å². The molecular formula is C10H14N4O. The van der Waals surface area contributed by atoms with Crippen LogP contribution in [0.4, 0.5) is 0 Å². The van der Waals surface area contributed by atoms with Crippen molar-refractivity contribution in [1.29, 1.82) is 0 Å². The summed E-state index contributed by atoms with van der Waals surface area (Å²) in [7, 11) is 3.55. The third kappa shape index (κ3) is 1.78. The lowest BCUT2D eigenvalue weighted by molar-refractivity contribution is 0.398. The summed E-state index contributed by atoms with van der Waals surface area (Å²) in [6.45, 7) is 0.929. The van der Waals surface area contributed by atoms with Gasteiger partial charge in [-0.25, -0.2) is 4.52 Å². The maximum atomic E-state index is 5.16. The van der Waals surface area contributed by atoms with Crippen molar-refractivity contribution < 1.29 is 4.74 Å². The van der Waals surface area contributed by atoms with Gasteiger partial charge in [-0.2, -0.15) is 10.1 Å². The van der Waals surface area contributed by atoms with Crippen LogP contribution in [0.1, 0.15) is 5.69 Å². The van der Waals surface area contributed by atoms with Gasteiger partial charge < -0.3 is 10.1 Å². The van der Waals surface area contributed by atoms with Crippen molar-refractivity contribution in [3.63, 3.8) is 0 Å². The third-order valence-electron chi connectivity index (χ3n) is 2.32. The first-order valence-corrected chi connectivity index (χ1v) is 4.87. The van der Waals surface area contributed by atoms with E-state index in [1.807, 2.05) is 23.7 Å². The molecule has 0 radical (unpaired) electrons. The van der Waals surface area contributed by atoms with Crippen molar-refractivity contribution in [3.05, 3.63) is 24.2 Å². The Bertz CT molecular complexity index is 452. The molecule has 5 nitrogen and oxygen atoms in total. The molecule has 15 heavy (non-hydrogen) atoms. The van der Waals surface area contributed by atoms with E-state index < -0.39 is 0 Å². The number of hydrogen-bond donors (Lipinski definition) is 1. The van der Waals surface area contributed by atoms with Gasteiger partial charge in [0, 0.05) is 18.7 Å². The number of hydrogen-bond acceptors (Lipinski definition) is 4. The highest BCUT2D eigenvalue weighted by atomic mass is 16.5. The lowest BCUT2D eigenvalue weighted by Gasteiger charge is -2.03. The number of rotatable bonds is 4. The number of nitrogens with zero attached hydrogens (tertiary/aromatic N) is 3. The maximum Gasteiger partial charge on any atom is 0.241 e. The summed E-state index contributed by atoms with van der Waals surface area (Å²) in [6, 6.07) is 4.02. The lowest BCUT2D eigenvalue weighted by atomic mass is 10.3. The van der Waals surface area contributed by atoms with E-state index in [2.05, 4.69) is 15.4 Å². The van der Waals surface area contributed by atoms with E-state index in [1.165, 1.54) is 6.33 Å². The van der Waals surface area contributed by atoms with Crippen LogP contribution in [0, 0.1) is 0 Å². The first-order valence-electron chi connectivity index (χ1n) is 4.87. The van der Waals surface area contributed by atoms with Crippen LogP contribution in [0.5, 0.6) is 5.88 Å². The fourth-order valence-corrected chi connectivity index (χ4v) is 1.56. The van der Waals surface area contributed by atoms with Crippen molar-refractivity contribution in [2.45, 2.75) is 6.42 Å². The molecule has 0 amide bonds. The molecule has 0 aromatic carbocycles. The molecule has 0 aliphatic carbocycles. The van der Waals surface area contributed by atoms with Crippen LogP contribution >= 0.6 is 0 Å². The summed E-state index contributed by atoms with van der Waals surface area (Å²) >= 11 is 0. The Morgan fingerprint density at radius 2 is 2.33 bits per heavy atom. The fourth-order valence-electron chi connectivity index (χ4n) is 1.56. The second-order valence-corrected chi connectivity index (χ2v) is 3.24. The van der Waals surface area contributed by atoms with Gasteiger partial charge in [0.15, 0.2) is 0 Å². The molecule has 0 saturated carbocycles. The van der Waals surface area contributed by atoms with Crippen LogP contribution in [0.3, 0.4) is 0 Å². The zero-order valence-electron chi connectivity index (χ0n) is 8.90. The Morgan fingerprint density at radius 3 is 3.07 bits per heavy atom. The molecule has 0 aliphatic heterocycles. The van der Waals surface area contributed by atoms with E-state index in [0.717, 1.165) is 24.2 Å². The van der Waals surface area contributed by atoms with Gasteiger partial charge in [-0.3, -0.25) is 0 Å². The fraction of sp³-hybridized carbons (Fsp3) is 0.400. The van der Waals surface area contributed by atoms with Gasteiger partial charge in [-0.1, -0.05) is 0 Å². The van der Waals surface area contributed by atoms with E-state index in [-0.39, 0.29) is 0 Å². The largest absolute Gasteiger partial charge is 0.479 e. The van der Waals surface area contributed by atoms with Gasteiger partial charge in [0.2, 0.25) is 5.88 Å². The molecule has 2 rings (SSSR count). The van der Waals surface area contributed by atoms with E-state index in [9.17, 15) is 0 Å². The molecule has 2 heterocycles. The molecule has 5 heteroatoms. The van der Waals surface area contributed by atoms with Gasteiger partial charge in [0.1, 0.15) is 11.8 Å². The summed E-state index contributed by atoms with van der Waals surface area (Å²) in [4.78, 5) is 4.05. The number of ether oxygens (including phenoxy) is 1. The Kier molecular flexibility index (Phi) is 2.82. The molecule has 0 saturated heterocycles. The van der Waals surface area contributed by atoms with Crippen LogP contribution < -0.4 is 10.1 Å². The molecule has 80 valence electrons. The molecule has 1 N–H and O–H groups in total. The molecule has 2 aromatic heterocycles. The summed E-state index contributed by atoms with van der Waals surface area (Å²) in [5.74, 6) is 0.612. The van der Waals surface area contributed by atoms with Crippen LogP contribution in [0.2, 0.25) is 0 Å². The van der Waals surface area contributed by atoms with Gasteiger partial charge >= 0.3 is 0 Å². The maximum absolute atomic E-state index is 5.16. The van der Waals surface area contributed by atoms with Crippen molar-refractivity contribution in [2.75, 3.05) is 20.7 Å². The number of fused-ring (bicyclic) bond motifs is 1. The summed E-state index contributed by atoms with van der Waals surface area (Å²) < 4.78 is 7.02. The van der Waals surface area contributed by atoms with E-state index in [0.29, 0.717) is 5.88 Å². The molecule has 0 bridgehead atoms. The zero-order valence-corrected chi connectivity index (χ0v) is 8.90. The smallest absolute Gasteiger partial charge is 0.241 e. The lowest BCUT2D eigenvalue weighted by Crippen LogP contribution is -2.12. The van der Waals surface area contributed by atoms with Gasteiger partial charge in [-0.05, 0) is 19.2 Å². The average molecular weight is 206 g/mol. The molecule has 0 spiro atoms. The minimum atomic E-state index is 0.612. The van der Waals surface area contributed by atoms with E-state index in [4.69, 9.17) is 4.74 Å². The van der Waals surface area contributed by atoms with Gasteiger partial charge in [0.25, 0.3) is 0 Å². The molecule has 0 atom stereocenters. The number of methoxy groups -OCH3 is 1. The molecule has 0 fully saturated rings. The minimum absolute atomic E-state index is 0.612. The van der Waals surface area contributed by atoms with Crippen LogP contribution in [-0.2, 0) is 6.42 Å². The van der Waals surface area contributed by atoms with Crippen LogP contribution in [0.25, 0.3) is 5.52 Å². The predicted octanol–water partition coefficient (Wildman–Crippen LogP) is 0.500. The number of aromatic nitrogens is 3. The zero-order chi connectivity index (χ0) is 10.7. The number of likely N-dealkylation sites (N-methyl/N-ethyl adjacent to an activating group) is 1. The quantitative estimate of drug-likeness (QED) is 0.791. The number of nitrogens with one attached hydrogen (secondary N) is 1. The molecular weight excluding hydrogens is 192 g/mol. The second-order valence-electron chi connectivity index (χ2n) is 3.24. The van der Waals surface area contributed by atoms with Crippen LogP contribution in [0.15, 0.2) is 18.5 Å². The van der Waals surface area contributed by atoms with E-state index >= 15 is 0 Å². The van der Waals surface area contributed by atoms with E-state index in [1.54, 1.807) is 7.11 Å². The van der Waals surface area contributed by atoms with Crippen molar-refractivity contribution in [3.8, 4) is 5.88 Å². The van der Waals surface area contributed by atoms with Crippen molar-refractivity contribution >= 4 is 5.52 Å². The highest BCUT2D eigenvalue weighted by Gasteiger charge is 2.07. The summed E-state index contributed by atoms with van der Waals surface area (Å²) in [5.41, 5.74) is 2.06. The van der Waals surface area contributed by atoms with Gasteiger partial charge in [-0.15, -0.1) is 0 Å².